The van der Waals surface area contributed by atoms with Crippen molar-refractivity contribution >= 4 is 0 Å². The topological polar surface area (TPSA) is 122 Å². The number of aliphatic hydroxyl groups is 1. The van der Waals surface area contributed by atoms with Crippen LogP contribution in [0.2, 0.25) is 0 Å². The predicted molar refractivity (Wildman–Crippen MR) is 60.0 cm³/mol. The molecule has 0 heterocycles. The minimum Gasteiger partial charge on any atom is -0.395 e. The maximum Gasteiger partial charge on any atom is 0.0553 e. The van der Waals surface area contributed by atoms with Crippen molar-refractivity contribution in [3.63, 3.8) is 0 Å². The second-order valence-electron chi connectivity index (χ2n) is 2.59. The summed E-state index contributed by atoms with van der Waals surface area (Å²) in [6.07, 6.45) is 0. The van der Waals surface area contributed by atoms with E-state index in [0.717, 1.165) is 26.2 Å². The third-order valence-corrected chi connectivity index (χ3v) is 1.25. The summed E-state index contributed by atoms with van der Waals surface area (Å²) in [5.41, 5.74) is 15.3. The molecule has 0 saturated heterocycles. The van der Waals surface area contributed by atoms with Crippen LogP contribution in [-0.4, -0.2) is 57.5 Å². The minimum atomic E-state index is 0.0972. The van der Waals surface area contributed by atoms with Gasteiger partial charge >= 0.3 is 0 Å². The van der Waals surface area contributed by atoms with Gasteiger partial charge in [-0.25, -0.2) is 0 Å². The maximum atomic E-state index is 7.75. The standard InChI is InChI=1S/C6H18N4.C2H7NO/c7-1-3-9-5-6-10-4-2-8;3-1-2-4/h9-10H,1-8H2;4H,1-3H2. The maximum absolute atomic E-state index is 7.75. The van der Waals surface area contributed by atoms with E-state index in [1.165, 1.54) is 0 Å². The van der Waals surface area contributed by atoms with Gasteiger partial charge in [-0.3, -0.25) is 0 Å². The van der Waals surface area contributed by atoms with Crippen molar-refractivity contribution < 1.29 is 5.11 Å². The average molecular weight is 207 g/mol. The highest BCUT2D eigenvalue weighted by molar-refractivity contribution is 4.51. The Labute approximate surface area is 86.2 Å². The van der Waals surface area contributed by atoms with Gasteiger partial charge in [-0.2, -0.15) is 0 Å². The number of rotatable bonds is 8. The molecule has 0 aromatic carbocycles. The number of nitrogens with one attached hydrogen (secondary N) is 2. The molecule has 0 atom stereocenters. The zero-order chi connectivity index (χ0) is 11.1. The Balaban J connectivity index is 0. The lowest BCUT2D eigenvalue weighted by Crippen LogP contribution is -2.32. The molecule has 0 aromatic rings. The van der Waals surface area contributed by atoms with Crippen LogP contribution in [0.1, 0.15) is 0 Å². The van der Waals surface area contributed by atoms with Crippen molar-refractivity contribution in [3.8, 4) is 0 Å². The monoisotopic (exact) mass is 207 g/mol. The number of aliphatic hydroxyl groups excluding tert-OH is 1. The van der Waals surface area contributed by atoms with Crippen LogP contribution in [0.4, 0.5) is 0 Å². The smallest absolute Gasteiger partial charge is 0.0553 e. The normalized spacial score (nSPS) is 9.43. The summed E-state index contributed by atoms with van der Waals surface area (Å²) in [5, 5.41) is 14.1. The first-order chi connectivity index (χ1) is 6.83. The van der Waals surface area contributed by atoms with Crippen molar-refractivity contribution in [2.45, 2.75) is 0 Å². The molecule has 0 aliphatic carbocycles. The number of nitrogens with two attached hydrogens (primary N) is 3. The second-order valence-corrected chi connectivity index (χ2v) is 2.59. The Hall–Kier alpha value is -0.240. The molecule has 0 radical (unpaired) electrons. The SMILES string of the molecule is NCCNCCNCCN.NCCO. The molecule has 0 amide bonds. The van der Waals surface area contributed by atoms with Gasteiger partial charge in [0.2, 0.25) is 0 Å². The summed E-state index contributed by atoms with van der Waals surface area (Å²) in [5.74, 6) is 0. The van der Waals surface area contributed by atoms with Crippen molar-refractivity contribution in [2.24, 2.45) is 17.2 Å². The molecule has 0 aromatic heterocycles. The van der Waals surface area contributed by atoms with Crippen LogP contribution in [0.15, 0.2) is 0 Å². The first-order valence-electron chi connectivity index (χ1n) is 4.96. The largest absolute Gasteiger partial charge is 0.395 e. The van der Waals surface area contributed by atoms with Gasteiger partial charge in [0.25, 0.3) is 0 Å². The second kappa shape index (κ2) is 18.5. The lowest BCUT2D eigenvalue weighted by Gasteiger charge is -2.03. The quantitative estimate of drug-likeness (QED) is 0.236. The molecule has 0 aliphatic heterocycles. The van der Waals surface area contributed by atoms with Crippen molar-refractivity contribution in [2.75, 3.05) is 52.4 Å². The van der Waals surface area contributed by atoms with Crippen molar-refractivity contribution in [3.05, 3.63) is 0 Å². The third kappa shape index (κ3) is 22.6. The summed E-state index contributed by atoms with van der Waals surface area (Å²) >= 11 is 0. The van der Waals surface area contributed by atoms with E-state index in [2.05, 4.69) is 10.6 Å². The highest BCUT2D eigenvalue weighted by Gasteiger charge is 1.83. The fourth-order valence-electron chi connectivity index (χ4n) is 0.631. The molecule has 0 spiro atoms. The molecule has 14 heavy (non-hydrogen) atoms. The van der Waals surface area contributed by atoms with Gasteiger partial charge < -0.3 is 32.9 Å². The average Bonchev–Trinajstić information content (AvgIpc) is 2.24. The summed E-state index contributed by atoms with van der Waals surface area (Å²) in [6, 6.07) is 0. The molecular weight excluding hydrogens is 182 g/mol. The zero-order valence-corrected chi connectivity index (χ0v) is 8.84. The van der Waals surface area contributed by atoms with Gasteiger partial charge in [0.1, 0.15) is 0 Å². The van der Waals surface area contributed by atoms with E-state index in [-0.39, 0.29) is 6.61 Å². The van der Waals surface area contributed by atoms with Gasteiger partial charge in [-0.1, -0.05) is 0 Å². The van der Waals surface area contributed by atoms with Crippen LogP contribution >= 0.6 is 0 Å². The van der Waals surface area contributed by atoms with E-state index in [0.29, 0.717) is 19.6 Å². The van der Waals surface area contributed by atoms with Crippen LogP contribution in [0.3, 0.4) is 0 Å². The van der Waals surface area contributed by atoms with Gasteiger partial charge in [-0.05, 0) is 0 Å². The number of hydrogen-bond acceptors (Lipinski definition) is 6. The highest BCUT2D eigenvalue weighted by Crippen LogP contribution is 1.57. The van der Waals surface area contributed by atoms with E-state index in [9.17, 15) is 0 Å². The highest BCUT2D eigenvalue weighted by atomic mass is 16.3. The first-order valence-corrected chi connectivity index (χ1v) is 4.96. The first kappa shape index (κ1) is 16.2. The Morgan fingerprint density at radius 2 is 1.07 bits per heavy atom. The van der Waals surface area contributed by atoms with Gasteiger partial charge in [-0.15, -0.1) is 0 Å². The van der Waals surface area contributed by atoms with Gasteiger partial charge in [0.05, 0.1) is 6.61 Å². The Morgan fingerprint density at radius 3 is 1.29 bits per heavy atom. The summed E-state index contributed by atoms with van der Waals surface area (Å²) < 4.78 is 0. The summed E-state index contributed by atoms with van der Waals surface area (Å²) in [6.45, 7) is 5.61. The van der Waals surface area contributed by atoms with Crippen LogP contribution in [0, 0.1) is 0 Å². The Morgan fingerprint density at radius 1 is 0.714 bits per heavy atom. The minimum absolute atomic E-state index is 0.0972. The molecule has 0 bridgehead atoms. The molecule has 0 rings (SSSR count). The third-order valence-electron chi connectivity index (χ3n) is 1.25. The van der Waals surface area contributed by atoms with E-state index in [4.69, 9.17) is 22.3 Å². The van der Waals surface area contributed by atoms with Gasteiger partial charge in [0.15, 0.2) is 0 Å². The molecular formula is C8H25N5O. The van der Waals surface area contributed by atoms with E-state index < -0.39 is 0 Å². The molecule has 0 unspecified atom stereocenters. The molecule has 0 aliphatic rings. The molecule has 9 N–H and O–H groups in total. The predicted octanol–water partition coefficient (Wildman–Crippen LogP) is -2.98. The lowest BCUT2D eigenvalue weighted by molar-refractivity contribution is 0.306. The molecule has 88 valence electrons. The molecule has 0 saturated carbocycles. The summed E-state index contributed by atoms with van der Waals surface area (Å²) in [4.78, 5) is 0. The molecule has 0 fully saturated rings. The lowest BCUT2D eigenvalue weighted by atomic mass is 10.5. The van der Waals surface area contributed by atoms with Gasteiger partial charge in [0, 0.05) is 45.8 Å². The summed E-state index contributed by atoms with van der Waals surface area (Å²) in [7, 11) is 0. The van der Waals surface area contributed by atoms with Crippen LogP contribution in [0.25, 0.3) is 0 Å². The Kier molecular flexibility index (Phi) is 21.4. The van der Waals surface area contributed by atoms with Crippen LogP contribution in [-0.2, 0) is 0 Å². The van der Waals surface area contributed by atoms with E-state index in [1.54, 1.807) is 0 Å². The van der Waals surface area contributed by atoms with Crippen LogP contribution < -0.4 is 27.8 Å². The van der Waals surface area contributed by atoms with Crippen molar-refractivity contribution in [1.29, 1.82) is 0 Å². The van der Waals surface area contributed by atoms with E-state index in [1.807, 2.05) is 0 Å². The van der Waals surface area contributed by atoms with Crippen molar-refractivity contribution in [1.82, 2.24) is 10.6 Å². The van der Waals surface area contributed by atoms with Crippen LogP contribution in [0.5, 0.6) is 0 Å². The Bertz CT molecular complexity index is 74.1. The van der Waals surface area contributed by atoms with E-state index >= 15 is 0 Å². The fourth-order valence-corrected chi connectivity index (χ4v) is 0.631. The number of hydrogen-bond donors (Lipinski definition) is 6. The fraction of sp³-hybridized carbons (Fsp3) is 1.00. The molecule has 6 nitrogen and oxygen atoms in total. The zero-order valence-electron chi connectivity index (χ0n) is 8.84. The molecule has 6 heteroatoms.